The summed E-state index contributed by atoms with van der Waals surface area (Å²) in [6.07, 6.45) is 0. The molecule has 2 N–H and O–H groups in total. The Morgan fingerprint density at radius 1 is 0.833 bits per heavy atom. The van der Waals surface area contributed by atoms with Gasteiger partial charge in [-0.2, -0.15) is 0 Å². The van der Waals surface area contributed by atoms with Crippen LogP contribution in [0.15, 0.2) is 48.5 Å². The molecule has 3 aromatic carbocycles. The fraction of sp³-hybridized carbons (Fsp3) is 0. The molecular formula is C15H10N2S. The van der Waals surface area contributed by atoms with Crippen molar-refractivity contribution in [2.24, 2.45) is 0 Å². The predicted molar refractivity (Wildman–Crippen MR) is 79.0 cm³/mol. The number of fused-ring (bicyclic) bond motifs is 5. The van der Waals surface area contributed by atoms with Gasteiger partial charge in [-0.3, -0.25) is 0 Å². The van der Waals surface area contributed by atoms with Gasteiger partial charge in [0.05, 0.1) is 10.2 Å². The fourth-order valence-corrected chi connectivity index (χ4v) is 3.25. The molecule has 1 heterocycles. The molecular weight excluding hydrogens is 240 g/mol. The second kappa shape index (κ2) is 3.43. The number of benzene rings is 3. The van der Waals surface area contributed by atoms with Crippen LogP contribution in [0.4, 0.5) is 5.13 Å². The number of anilines is 1. The third kappa shape index (κ3) is 1.25. The minimum Gasteiger partial charge on any atom is -0.375 e. The molecule has 0 atom stereocenters. The smallest absolute Gasteiger partial charge is 0.181 e. The van der Waals surface area contributed by atoms with Gasteiger partial charge in [0.15, 0.2) is 5.13 Å². The molecule has 0 radical (unpaired) electrons. The molecule has 0 spiro atoms. The van der Waals surface area contributed by atoms with Crippen molar-refractivity contribution in [2.45, 2.75) is 0 Å². The van der Waals surface area contributed by atoms with Crippen LogP contribution in [0, 0.1) is 0 Å². The molecule has 4 rings (SSSR count). The summed E-state index contributed by atoms with van der Waals surface area (Å²) in [6.45, 7) is 0. The number of nitrogen functional groups attached to an aromatic ring is 1. The average Bonchev–Trinajstić information content (AvgIpc) is 2.79. The first-order valence-corrected chi connectivity index (χ1v) is 6.61. The van der Waals surface area contributed by atoms with Crippen LogP contribution in [0.25, 0.3) is 31.8 Å². The third-order valence-electron chi connectivity index (χ3n) is 3.30. The second-order valence-electron chi connectivity index (χ2n) is 4.35. The molecule has 4 aromatic rings. The van der Waals surface area contributed by atoms with Gasteiger partial charge < -0.3 is 5.73 Å². The van der Waals surface area contributed by atoms with Crippen molar-refractivity contribution in [3.8, 4) is 0 Å². The maximum atomic E-state index is 5.80. The van der Waals surface area contributed by atoms with E-state index in [4.69, 9.17) is 5.73 Å². The van der Waals surface area contributed by atoms with Gasteiger partial charge in [0.25, 0.3) is 0 Å². The highest BCUT2D eigenvalue weighted by Crippen LogP contribution is 2.33. The minimum atomic E-state index is 0.630. The highest BCUT2D eigenvalue weighted by Gasteiger charge is 2.07. The van der Waals surface area contributed by atoms with Gasteiger partial charge in [-0.15, -0.1) is 0 Å². The largest absolute Gasteiger partial charge is 0.375 e. The number of aromatic nitrogens is 1. The Labute approximate surface area is 108 Å². The lowest BCUT2D eigenvalue weighted by molar-refractivity contribution is 1.51. The van der Waals surface area contributed by atoms with Crippen LogP contribution in [0.1, 0.15) is 0 Å². The third-order valence-corrected chi connectivity index (χ3v) is 4.15. The molecule has 1 aromatic heterocycles. The average molecular weight is 250 g/mol. The quantitative estimate of drug-likeness (QED) is 0.475. The zero-order valence-electron chi connectivity index (χ0n) is 9.55. The van der Waals surface area contributed by atoms with E-state index in [1.54, 1.807) is 0 Å². The molecule has 0 bridgehead atoms. The Kier molecular flexibility index (Phi) is 1.88. The lowest BCUT2D eigenvalue weighted by atomic mass is 10.0. The molecule has 86 valence electrons. The first kappa shape index (κ1) is 9.85. The van der Waals surface area contributed by atoms with E-state index in [1.165, 1.54) is 32.9 Å². The fourth-order valence-electron chi connectivity index (χ4n) is 2.50. The molecule has 0 saturated carbocycles. The highest BCUT2D eigenvalue weighted by atomic mass is 32.1. The van der Waals surface area contributed by atoms with Crippen LogP contribution in [0.3, 0.4) is 0 Å². The van der Waals surface area contributed by atoms with E-state index >= 15 is 0 Å². The summed E-state index contributed by atoms with van der Waals surface area (Å²) >= 11 is 1.54. The van der Waals surface area contributed by atoms with Crippen molar-refractivity contribution in [1.82, 2.24) is 4.98 Å². The Bertz CT molecular complexity index is 893. The normalized spacial score (nSPS) is 11.6. The summed E-state index contributed by atoms with van der Waals surface area (Å²) in [5.41, 5.74) is 6.82. The molecule has 2 nitrogen and oxygen atoms in total. The zero-order chi connectivity index (χ0) is 12.1. The summed E-state index contributed by atoms with van der Waals surface area (Å²) in [6, 6.07) is 17.0. The van der Waals surface area contributed by atoms with Crippen molar-refractivity contribution in [1.29, 1.82) is 0 Å². The highest BCUT2D eigenvalue weighted by molar-refractivity contribution is 7.22. The summed E-state index contributed by atoms with van der Waals surface area (Å²) in [7, 11) is 0. The summed E-state index contributed by atoms with van der Waals surface area (Å²) < 4.78 is 1.15. The van der Waals surface area contributed by atoms with Crippen LogP contribution in [-0.4, -0.2) is 4.98 Å². The molecule has 0 aliphatic rings. The van der Waals surface area contributed by atoms with Crippen LogP contribution in [-0.2, 0) is 0 Å². The molecule has 0 fully saturated rings. The minimum absolute atomic E-state index is 0.630. The summed E-state index contributed by atoms with van der Waals surface area (Å²) in [5, 5.41) is 5.58. The second-order valence-corrected chi connectivity index (χ2v) is 5.41. The molecule has 0 amide bonds. The SMILES string of the molecule is Nc1nc2c(ccc3c4ccccc4ccc32)s1. The van der Waals surface area contributed by atoms with E-state index in [0.29, 0.717) is 5.13 Å². The number of hydrogen-bond donors (Lipinski definition) is 1. The van der Waals surface area contributed by atoms with Gasteiger partial charge in [-0.1, -0.05) is 53.8 Å². The van der Waals surface area contributed by atoms with Crippen molar-refractivity contribution in [2.75, 3.05) is 5.73 Å². The van der Waals surface area contributed by atoms with Gasteiger partial charge in [0, 0.05) is 5.39 Å². The Morgan fingerprint density at radius 2 is 1.67 bits per heavy atom. The van der Waals surface area contributed by atoms with Crippen LogP contribution < -0.4 is 5.73 Å². The van der Waals surface area contributed by atoms with Gasteiger partial charge in [0.2, 0.25) is 0 Å². The van der Waals surface area contributed by atoms with Gasteiger partial charge in [0.1, 0.15) is 0 Å². The number of hydrogen-bond acceptors (Lipinski definition) is 3. The van der Waals surface area contributed by atoms with Crippen molar-refractivity contribution in [3.63, 3.8) is 0 Å². The molecule has 18 heavy (non-hydrogen) atoms. The molecule has 0 aliphatic carbocycles. The first-order chi connectivity index (χ1) is 8.83. The lowest BCUT2D eigenvalue weighted by Gasteiger charge is -2.03. The van der Waals surface area contributed by atoms with E-state index in [2.05, 4.69) is 53.5 Å². The van der Waals surface area contributed by atoms with Gasteiger partial charge in [-0.05, 0) is 22.2 Å². The predicted octanol–water partition coefficient (Wildman–Crippen LogP) is 4.18. The molecule has 0 unspecified atom stereocenters. The van der Waals surface area contributed by atoms with Gasteiger partial charge >= 0.3 is 0 Å². The van der Waals surface area contributed by atoms with Crippen molar-refractivity contribution >= 4 is 48.2 Å². The van der Waals surface area contributed by atoms with E-state index in [1.807, 2.05) is 0 Å². The van der Waals surface area contributed by atoms with E-state index in [-0.39, 0.29) is 0 Å². The summed E-state index contributed by atoms with van der Waals surface area (Å²) in [4.78, 5) is 4.44. The Hall–Kier alpha value is -2.13. The molecule has 0 saturated heterocycles. The number of thiazole rings is 1. The van der Waals surface area contributed by atoms with E-state index in [0.717, 1.165) is 10.2 Å². The zero-order valence-corrected chi connectivity index (χ0v) is 10.4. The first-order valence-electron chi connectivity index (χ1n) is 5.79. The van der Waals surface area contributed by atoms with Crippen LogP contribution in [0.2, 0.25) is 0 Å². The lowest BCUT2D eigenvalue weighted by Crippen LogP contribution is -1.81. The maximum absolute atomic E-state index is 5.80. The van der Waals surface area contributed by atoms with Crippen LogP contribution >= 0.6 is 11.3 Å². The number of rotatable bonds is 0. The maximum Gasteiger partial charge on any atom is 0.181 e. The number of nitrogens with two attached hydrogens (primary N) is 1. The standard InChI is InChI=1S/C15H10N2S/c16-15-17-14-12-6-5-9-3-1-2-4-10(9)11(12)7-8-13(14)18-15/h1-8H,(H2,16,17). The monoisotopic (exact) mass is 250 g/mol. The molecule has 0 aliphatic heterocycles. The van der Waals surface area contributed by atoms with E-state index < -0.39 is 0 Å². The Morgan fingerprint density at radius 3 is 2.61 bits per heavy atom. The van der Waals surface area contributed by atoms with Crippen molar-refractivity contribution < 1.29 is 0 Å². The van der Waals surface area contributed by atoms with E-state index in [9.17, 15) is 0 Å². The van der Waals surface area contributed by atoms with Gasteiger partial charge in [-0.25, -0.2) is 4.98 Å². The molecule has 3 heteroatoms. The van der Waals surface area contributed by atoms with Crippen LogP contribution in [0.5, 0.6) is 0 Å². The topological polar surface area (TPSA) is 38.9 Å². The summed E-state index contributed by atoms with van der Waals surface area (Å²) in [5.74, 6) is 0. The Balaban J connectivity index is 2.30. The number of nitrogens with zero attached hydrogens (tertiary/aromatic N) is 1. The van der Waals surface area contributed by atoms with Crippen molar-refractivity contribution in [3.05, 3.63) is 48.5 Å².